The molecule has 0 spiro atoms. The van der Waals surface area contributed by atoms with Crippen LogP contribution in [0.4, 0.5) is 0 Å². The van der Waals surface area contributed by atoms with Crippen LogP contribution >= 0.6 is 0 Å². The normalized spacial score (nSPS) is 18.0. The number of hydrogen-bond acceptors (Lipinski definition) is 2. The highest BCUT2D eigenvalue weighted by Crippen LogP contribution is 1.94. The quantitative estimate of drug-likeness (QED) is 0.546. The molecule has 0 aliphatic heterocycles. The van der Waals surface area contributed by atoms with Crippen LogP contribution in [0.5, 0.6) is 0 Å². The van der Waals surface area contributed by atoms with E-state index in [9.17, 15) is 0 Å². The molecule has 0 aliphatic carbocycles. The van der Waals surface area contributed by atoms with Gasteiger partial charge in [0.15, 0.2) is 0 Å². The van der Waals surface area contributed by atoms with Crippen LogP contribution in [0.2, 0.25) is 0 Å². The molecule has 0 saturated carbocycles. The molecule has 0 bridgehead atoms. The van der Waals surface area contributed by atoms with E-state index in [0.29, 0.717) is 0 Å². The van der Waals surface area contributed by atoms with Gasteiger partial charge in [0.1, 0.15) is 0 Å². The van der Waals surface area contributed by atoms with Crippen LogP contribution < -0.4 is 11.5 Å². The summed E-state index contributed by atoms with van der Waals surface area (Å²) in [4.78, 5) is 0. The molecule has 4 N–H and O–H groups in total. The average Bonchev–Trinajstić information content (AvgIpc) is 1.65. The summed E-state index contributed by atoms with van der Waals surface area (Å²) in [6.45, 7) is 7.23. The van der Waals surface area contributed by atoms with Gasteiger partial charge in [0.2, 0.25) is 0 Å². The van der Waals surface area contributed by atoms with E-state index in [-0.39, 0.29) is 12.1 Å². The van der Waals surface area contributed by atoms with Gasteiger partial charge in [-0.05, 0) is 19.8 Å². The van der Waals surface area contributed by atoms with Crippen molar-refractivity contribution in [2.45, 2.75) is 24.9 Å². The van der Waals surface area contributed by atoms with Crippen molar-refractivity contribution in [2.24, 2.45) is 11.5 Å². The Morgan fingerprint density at radius 3 is 2.00 bits per heavy atom. The van der Waals surface area contributed by atoms with Crippen LogP contribution in [0.3, 0.4) is 0 Å². The van der Waals surface area contributed by atoms with Crippen molar-refractivity contribution in [3.8, 4) is 0 Å². The Labute approximate surface area is 51.2 Å². The van der Waals surface area contributed by atoms with E-state index in [4.69, 9.17) is 11.5 Å². The van der Waals surface area contributed by atoms with Crippen molar-refractivity contribution in [2.75, 3.05) is 0 Å². The predicted octanol–water partition coefficient (Wildman–Crippen LogP) is 0.0894. The van der Waals surface area contributed by atoms with Crippen molar-refractivity contribution in [3.63, 3.8) is 0 Å². The van der Waals surface area contributed by atoms with Crippen molar-refractivity contribution >= 4 is 0 Å². The number of rotatable bonds is 3. The van der Waals surface area contributed by atoms with E-state index in [2.05, 4.69) is 13.8 Å². The summed E-state index contributed by atoms with van der Waals surface area (Å²) in [5, 5.41) is 0. The van der Waals surface area contributed by atoms with Gasteiger partial charge < -0.3 is 11.5 Å². The van der Waals surface area contributed by atoms with Crippen LogP contribution in [0.15, 0.2) is 0 Å². The maximum Gasteiger partial charge on any atom is 0.00541 e. The van der Waals surface area contributed by atoms with E-state index >= 15 is 0 Å². The lowest BCUT2D eigenvalue weighted by atomic mass is 10.1. The Morgan fingerprint density at radius 1 is 1.38 bits per heavy atom. The largest absolute Gasteiger partial charge is 0.328 e. The third-order valence-corrected chi connectivity index (χ3v) is 0.976. The zero-order valence-electron chi connectivity index (χ0n) is 5.14. The molecule has 0 aromatic rings. The average molecular weight is 114 g/mol. The summed E-state index contributed by atoms with van der Waals surface area (Å²) in [5.74, 6) is 0. The molecule has 0 heterocycles. The highest BCUT2D eigenvalue weighted by molar-refractivity contribution is 4.72. The second-order valence-electron chi connectivity index (χ2n) is 2.04. The highest BCUT2D eigenvalue weighted by atomic mass is 14.7. The first-order valence-corrected chi connectivity index (χ1v) is 2.80. The molecule has 2 nitrogen and oxygen atoms in total. The molecule has 0 fully saturated rings. The summed E-state index contributed by atoms with van der Waals surface area (Å²) in [6, 6.07) is 0.0919. The van der Waals surface area contributed by atoms with Gasteiger partial charge in [0, 0.05) is 12.1 Å². The maximum absolute atomic E-state index is 5.49. The van der Waals surface area contributed by atoms with Gasteiger partial charge in [-0.3, -0.25) is 0 Å². The van der Waals surface area contributed by atoms with E-state index < -0.39 is 0 Å². The molecule has 0 amide bonds. The molecular weight excluding hydrogens is 100 g/mol. The zero-order valence-corrected chi connectivity index (χ0v) is 5.14. The summed E-state index contributed by atoms with van der Waals surface area (Å²) in [6.07, 6.45) is 1.51. The maximum atomic E-state index is 5.49. The Kier molecular flexibility index (Phi) is 3.83. The molecule has 0 saturated heterocycles. The Bertz CT molecular complexity index is 52.5. The lowest BCUT2D eigenvalue weighted by Crippen LogP contribution is -2.28. The summed E-state index contributed by atoms with van der Waals surface area (Å²) >= 11 is 0. The lowest BCUT2D eigenvalue weighted by molar-refractivity contribution is 0.576. The Hall–Kier alpha value is -0.0800. The first-order valence-electron chi connectivity index (χ1n) is 2.80. The lowest BCUT2D eigenvalue weighted by Gasteiger charge is -2.09. The summed E-state index contributed by atoms with van der Waals surface area (Å²) in [5.41, 5.74) is 10.8. The first-order chi connectivity index (χ1) is 3.66. The third kappa shape index (κ3) is 4.09. The van der Waals surface area contributed by atoms with Crippen LogP contribution in [0.25, 0.3) is 0 Å². The molecule has 0 aromatic carbocycles. The van der Waals surface area contributed by atoms with Gasteiger partial charge in [-0.2, -0.15) is 0 Å². The number of nitrogens with two attached hydrogens (primary N) is 2. The second-order valence-corrected chi connectivity index (χ2v) is 2.04. The van der Waals surface area contributed by atoms with Crippen LogP contribution in [0.1, 0.15) is 12.8 Å². The third-order valence-electron chi connectivity index (χ3n) is 0.976. The fourth-order valence-electron chi connectivity index (χ4n) is 0.507. The monoisotopic (exact) mass is 114 g/mol. The summed E-state index contributed by atoms with van der Waals surface area (Å²) in [7, 11) is 0. The van der Waals surface area contributed by atoms with E-state index in [0.717, 1.165) is 12.8 Å². The highest BCUT2D eigenvalue weighted by Gasteiger charge is 2.00. The van der Waals surface area contributed by atoms with Gasteiger partial charge in [-0.15, -0.1) is 0 Å². The van der Waals surface area contributed by atoms with E-state index in [1.165, 1.54) is 0 Å². The minimum absolute atomic E-state index is 0.0354. The molecule has 8 heavy (non-hydrogen) atoms. The topological polar surface area (TPSA) is 52.0 Å². The molecule has 2 heteroatoms. The van der Waals surface area contributed by atoms with Crippen molar-refractivity contribution in [1.82, 2.24) is 0 Å². The fraction of sp³-hybridized carbons (Fsp3) is 0.667. The molecular formula is C6H14N2. The van der Waals surface area contributed by atoms with Gasteiger partial charge in [0.05, 0.1) is 0 Å². The molecule has 2 atom stereocenters. The van der Waals surface area contributed by atoms with Crippen molar-refractivity contribution < 1.29 is 0 Å². The predicted molar refractivity (Wildman–Crippen MR) is 35.9 cm³/mol. The van der Waals surface area contributed by atoms with E-state index in [1.807, 2.05) is 0 Å². The molecule has 0 aliphatic rings. The standard InChI is InChI=1S/C6H14N2/c1-3-6(8)4-5(2)7/h5-6H,1-4,7-8H2. The minimum Gasteiger partial charge on any atom is -0.328 e. The van der Waals surface area contributed by atoms with Gasteiger partial charge in [0.25, 0.3) is 0 Å². The summed E-state index contributed by atoms with van der Waals surface area (Å²) < 4.78 is 0. The van der Waals surface area contributed by atoms with Crippen molar-refractivity contribution in [1.29, 1.82) is 0 Å². The molecule has 0 aromatic heterocycles. The zero-order chi connectivity index (χ0) is 6.57. The van der Waals surface area contributed by atoms with Crippen molar-refractivity contribution in [3.05, 3.63) is 13.8 Å². The van der Waals surface area contributed by atoms with Crippen LogP contribution in [-0.4, -0.2) is 12.1 Å². The van der Waals surface area contributed by atoms with Gasteiger partial charge in [-0.25, -0.2) is 0 Å². The minimum atomic E-state index is -0.0354. The first kappa shape index (κ1) is 7.92. The van der Waals surface area contributed by atoms with Crippen LogP contribution in [-0.2, 0) is 0 Å². The van der Waals surface area contributed by atoms with E-state index in [1.54, 1.807) is 0 Å². The van der Waals surface area contributed by atoms with Gasteiger partial charge >= 0.3 is 0 Å². The fourth-order valence-corrected chi connectivity index (χ4v) is 0.507. The Balaban J connectivity index is 3.10. The molecule has 0 rings (SSSR count). The SMILES string of the molecule is [CH2]CC(N)CC([CH2])N. The Morgan fingerprint density at radius 2 is 1.88 bits per heavy atom. The van der Waals surface area contributed by atoms with Gasteiger partial charge in [-0.1, -0.05) is 6.92 Å². The smallest absolute Gasteiger partial charge is 0.00541 e. The van der Waals surface area contributed by atoms with Crippen LogP contribution in [0, 0.1) is 13.8 Å². The number of hydrogen-bond donors (Lipinski definition) is 2. The molecule has 2 unspecified atom stereocenters. The molecule has 2 radical (unpaired) electrons. The molecule has 48 valence electrons. The second kappa shape index (κ2) is 3.87.